The molecule has 3 aliphatic rings. The lowest BCUT2D eigenvalue weighted by atomic mass is 9.91. The molecule has 0 spiro atoms. The van der Waals surface area contributed by atoms with Gasteiger partial charge < -0.3 is 24.2 Å². The molecule has 0 aromatic heterocycles. The highest BCUT2D eigenvalue weighted by Gasteiger charge is 2.47. The van der Waals surface area contributed by atoms with E-state index in [1.807, 2.05) is 68.2 Å². The van der Waals surface area contributed by atoms with E-state index in [0.29, 0.717) is 56.9 Å². The number of nitrogens with one attached hydrogen (secondary N) is 1. The summed E-state index contributed by atoms with van der Waals surface area (Å²) in [6, 6.07) is -0.953. The van der Waals surface area contributed by atoms with Crippen LogP contribution < -0.4 is 0 Å². The van der Waals surface area contributed by atoms with Crippen molar-refractivity contribution in [3.63, 3.8) is 0 Å². The monoisotopic (exact) mass is 650 g/mol. The minimum atomic E-state index is -0.709. The molecule has 1 amide bonds. The number of nitrogens with zero attached hydrogens (tertiary/aromatic N) is 5. The maximum atomic E-state index is 13.1. The van der Waals surface area contributed by atoms with Gasteiger partial charge in [-0.15, -0.1) is 0 Å². The van der Waals surface area contributed by atoms with Gasteiger partial charge in [0.25, 0.3) is 0 Å². The van der Waals surface area contributed by atoms with Crippen LogP contribution in [0.15, 0.2) is 80.2 Å². The number of ether oxygens (including phenoxy) is 3. The summed E-state index contributed by atoms with van der Waals surface area (Å²) in [6.07, 6.45) is 23.9. The molecule has 1 saturated carbocycles. The smallest absolute Gasteiger partial charge is 0.233 e. The van der Waals surface area contributed by atoms with E-state index in [9.17, 15) is 4.79 Å². The molecule has 0 aromatic rings. The average Bonchev–Trinajstić information content (AvgIpc) is 3.89. The SMILES string of the molecule is CC=CC(/C=C\C(C)N=CC(N=N)/C(=N\N=C/CC/C=C\C(=CC)OC)C1=CC(OCCCCO)C2CC2C1)C(=O)N1CCOCC1. The van der Waals surface area contributed by atoms with E-state index in [0.717, 1.165) is 43.4 Å². The molecule has 2 N–H and O–H groups in total. The third kappa shape index (κ3) is 12.9. The highest BCUT2D eigenvalue weighted by Crippen LogP contribution is 2.50. The van der Waals surface area contributed by atoms with Crippen molar-refractivity contribution in [3.8, 4) is 0 Å². The molecule has 47 heavy (non-hydrogen) atoms. The van der Waals surface area contributed by atoms with Crippen molar-refractivity contribution in [2.45, 2.75) is 77.5 Å². The van der Waals surface area contributed by atoms with Gasteiger partial charge in [0.15, 0.2) is 0 Å². The topological polar surface area (TPSA) is 142 Å². The predicted molar refractivity (Wildman–Crippen MR) is 187 cm³/mol. The van der Waals surface area contributed by atoms with Gasteiger partial charge in [0.1, 0.15) is 11.8 Å². The third-order valence-electron chi connectivity index (χ3n) is 8.44. The van der Waals surface area contributed by atoms with Gasteiger partial charge in [0.2, 0.25) is 5.91 Å². The third-order valence-corrected chi connectivity index (χ3v) is 8.44. The first-order valence-corrected chi connectivity index (χ1v) is 16.9. The van der Waals surface area contributed by atoms with Crippen molar-refractivity contribution in [2.24, 2.45) is 38.1 Å². The molecule has 0 radical (unpaired) electrons. The second kappa shape index (κ2) is 21.4. The molecule has 1 aliphatic heterocycles. The summed E-state index contributed by atoms with van der Waals surface area (Å²) in [7, 11) is 1.65. The van der Waals surface area contributed by atoms with Gasteiger partial charge >= 0.3 is 0 Å². The van der Waals surface area contributed by atoms with Crippen molar-refractivity contribution in [2.75, 3.05) is 46.6 Å². The first-order valence-electron chi connectivity index (χ1n) is 16.9. The lowest BCUT2D eigenvalue weighted by Gasteiger charge is -2.28. The summed E-state index contributed by atoms with van der Waals surface area (Å²) in [5.41, 5.74) is 9.66. The number of aliphatic imine (C=N–C) groups is 1. The fraction of sp³-hybridized carbons (Fsp3) is 0.611. The number of morpholine rings is 1. The van der Waals surface area contributed by atoms with Crippen LogP contribution in [-0.4, -0.2) is 98.9 Å². The Balaban J connectivity index is 1.76. The van der Waals surface area contributed by atoms with Crippen LogP contribution in [0.5, 0.6) is 0 Å². The second-order valence-electron chi connectivity index (χ2n) is 12.0. The highest BCUT2D eigenvalue weighted by molar-refractivity contribution is 6.13. The normalized spacial score (nSPS) is 24.3. The first-order chi connectivity index (χ1) is 22.9. The molecular formula is C36H54N6O5. The summed E-state index contributed by atoms with van der Waals surface area (Å²) in [5, 5.41) is 22.1. The molecule has 3 rings (SSSR count). The lowest BCUT2D eigenvalue weighted by molar-refractivity contribution is -0.136. The number of methoxy groups -OCH3 is 1. The van der Waals surface area contributed by atoms with E-state index in [1.54, 1.807) is 19.5 Å². The Morgan fingerprint density at radius 3 is 2.70 bits per heavy atom. The number of hydrogen-bond acceptors (Lipinski definition) is 10. The maximum Gasteiger partial charge on any atom is 0.233 e. The second-order valence-corrected chi connectivity index (χ2v) is 12.0. The van der Waals surface area contributed by atoms with E-state index in [-0.39, 0.29) is 30.6 Å². The van der Waals surface area contributed by atoms with Gasteiger partial charge in [-0.25, -0.2) is 5.53 Å². The molecule has 6 unspecified atom stereocenters. The molecule has 2 fully saturated rings. The van der Waals surface area contributed by atoms with Crippen molar-refractivity contribution in [1.29, 1.82) is 5.53 Å². The minimum absolute atomic E-state index is 0.0268. The molecule has 1 saturated heterocycles. The van der Waals surface area contributed by atoms with Crippen LogP contribution in [-0.2, 0) is 19.0 Å². The fourth-order valence-corrected chi connectivity index (χ4v) is 5.65. The lowest BCUT2D eigenvalue weighted by Crippen LogP contribution is -2.43. The van der Waals surface area contributed by atoms with Gasteiger partial charge in [0, 0.05) is 38.7 Å². The minimum Gasteiger partial charge on any atom is -0.497 e. The van der Waals surface area contributed by atoms with Crippen molar-refractivity contribution in [1.82, 2.24) is 4.90 Å². The summed E-state index contributed by atoms with van der Waals surface area (Å²) < 4.78 is 16.9. The van der Waals surface area contributed by atoms with Crippen LogP contribution in [0.25, 0.3) is 0 Å². The molecule has 11 nitrogen and oxygen atoms in total. The number of allylic oxidation sites excluding steroid dienone is 4. The molecule has 6 atom stereocenters. The van der Waals surface area contributed by atoms with Gasteiger partial charge in [-0.3, -0.25) is 9.79 Å². The van der Waals surface area contributed by atoms with Gasteiger partial charge in [-0.1, -0.05) is 36.5 Å². The Morgan fingerprint density at radius 2 is 2.00 bits per heavy atom. The van der Waals surface area contributed by atoms with Crippen LogP contribution in [0.2, 0.25) is 0 Å². The summed E-state index contributed by atoms with van der Waals surface area (Å²) >= 11 is 0. The Morgan fingerprint density at radius 1 is 1.19 bits per heavy atom. The van der Waals surface area contributed by atoms with Crippen LogP contribution >= 0.6 is 0 Å². The Kier molecular flexibility index (Phi) is 17.2. The van der Waals surface area contributed by atoms with E-state index in [4.69, 9.17) is 29.8 Å². The van der Waals surface area contributed by atoms with Crippen molar-refractivity contribution < 1.29 is 24.1 Å². The molecule has 258 valence electrons. The molecule has 1 heterocycles. The molecular weight excluding hydrogens is 596 g/mol. The largest absolute Gasteiger partial charge is 0.497 e. The number of carbonyl (C=O) groups is 1. The van der Waals surface area contributed by atoms with Gasteiger partial charge in [-0.2, -0.15) is 15.3 Å². The van der Waals surface area contributed by atoms with Gasteiger partial charge in [0.05, 0.1) is 44.1 Å². The van der Waals surface area contributed by atoms with E-state index >= 15 is 0 Å². The zero-order valence-corrected chi connectivity index (χ0v) is 28.5. The fourth-order valence-electron chi connectivity index (χ4n) is 5.65. The molecule has 2 aliphatic carbocycles. The standard InChI is InChI=1S/C36H54N6O5/c1-5-12-28(36(44)42-17-21-46-22-18-42)15-14-27(3)38-26-33(40-37)35(41-39-16-9-7-8-13-31(6-2)45-4)30-23-29-24-32(29)34(25-30)47-20-11-10-19-43/h5-6,8,12-16,25-29,32-34,37,43H,7,9-11,17-24H2,1-4H3/b12-5?,13-8-,15-14-,31-6?,38-26?,39-16-,40-37?,41-35-. The number of carbonyl (C=O) groups excluding carboxylic acids is 1. The average molecular weight is 651 g/mol. The van der Waals surface area contributed by atoms with Crippen molar-refractivity contribution >= 4 is 24.0 Å². The Labute approximate surface area is 280 Å². The number of hydrogen-bond donors (Lipinski definition) is 2. The zero-order chi connectivity index (χ0) is 33.9. The van der Waals surface area contributed by atoms with Gasteiger partial charge in [-0.05, 0) is 88.9 Å². The van der Waals surface area contributed by atoms with E-state index in [2.05, 4.69) is 21.4 Å². The van der Waals surface area contributed by atoms with Crippen LogP contribution in [0.3, 0.4) is 0 Å². The number of fused-ring (bicyclic) bond motifs is 1. The summed E-state index contributed by atoms with van der Waals surface area (Å²) in [4.78, 5) is 19.6. The van der Waals surface area contributed by atoms with Crippen LogP contribution in [0.4, 0.5) is 0 Å². The van der Waals surface area contributed by atoms with Crippen molar-refractivity contribution in [3.05, 3.63) is 59.9 Å². The summed E-state index contributed by atoms with van der Waals surface area (Å²) in [6.45, 7) is 8.84. The number of aliphatic hydroxyl groups excluding tert-OH is 1. The summed E-state index contributed by atoms with van der Waals surface area (Å²) in [5.74, 6) is 1.49. The first kappa shape index (κ1) is 37.9. The zero-order valence-electron chi connectivity index (χ0n) is 28.5. The highest BCUT2D eigenvalue weighted by atomic mass is 16.5. The van der Waals surface area contributed by atoms with E-state index in [1.165, 1.54) is 0 Å². The molecule has 0 aromatic carbocycles. The van der Waals surface area contributed by atoms with Crippen LogP contribution in [0.1, 0.15) is 59.3 Å². The molecule has 11 heteroatoms. The quantitative estimate of drug-likeness (QED) is 0.0322. The van der Waals surface area contributed by atoms with Crippen LogP contribution in [0, 0.1) is 23.3 Å². The van der Waals surface area contributed by atoms with E-state index < -0.39 is 6.04 Å². The predicted octanol–water partition coefficient (Wildman–Crippen LogP) is 5.89. The Hall–Kier alpha value is -3.54. The number of unbranched alkanes of at least 4 members (excludes halogenated alkanes) is 2. The number of aliphatic hydroxyl groups is 1. The maximum absolute atomic E-state index is 13.1. The number of rotatable bonds is 20. The molecule has 0 bridgehead atoms. The number of amides is 1. The Bertz CT molecular complexity index is 1230.